The van der Waals surface area contributed by atoms with Crippen molar-refractivity contribution in [3.8, 4) is 0 Å². The van der Waals surface area contributed by atoms with E-state index in [1.807, 2.05) is 11.8 Å². The molecule has 0 heterocycles. The Morgan fingerprint density at radius 3 is 2.58 bits per heavy atom. The first-order valence-electron chi connectivity index (χ1n) is 4.53. The molecule has 74 valence electrons. The summed E-state index contributed by atoms with van der Waals surface area (Å²) in [5, 5.41) is 8.41. The molecule has 0 aromatic heterocycles. The van der Waals surface area contributed by atoms with E-state index in [1.165, 1.54) is 12.2 Å². The molecule has 0 radical (unpaired) electrons. The third-order valence-electron chi connectivity index (χ3n) is 1.45. The van der Waals surface area contributed by atoms with E-state index >= 15 is 0 Å². The van der Waals surface area contributed by atoms with Crippen LogP contribution in [0, 0.1) is 5.92 Å². The fourth-order valence-corrected chi connectivity index (χ4v) is 1.78. The Morgan fingerprint density at radius 1 is 1.25 bits per heavy atom. The first-order valence-corrected chi connectivity index (χ1v) is 5.69. The molecule has 0 aliphatic heterocycles. The molecule has 0 aromatic rings. The maximum atomic E-state index is 8.41. The van der Waals surface area contributed by atoms with Crippen LogP contribution in [0.25, 0.3) is 0 Å². The van der Waals surface area contributed by atoms with Gasteiger partial charge in [0.05, 0.1) is 19.8 Å². The van der Waals surface area contributed by atoms with E-state index in [2.05, 4.69) is 13.8 Å². The summed E-state index contributed by atoms with van der Waals surface area (Å²) in [6.07, 6.45) is 1.28. The Labute approximate surface area is 79.7 Å². The van der Waals surface area contributed by atoms with Crippen LogP contribution in [-0.2, 0) is 4.74 Å². The van der Waals surface area contributed by atoms with Crippen molar-refractivity contribution in [2.45, 2.75) is 20.3 Å². The minimum absolute atomic E-state index is 0.136. The average molecular weight is 192 g/mol. The van der Waals surface area contributed by atoms with E-state index in [4.69, 9.17) is 9.84 Å². The summed E-state index contributed by atoms with van der Waals surface area (Å²) in [6.45, 7) is 5.86. The highest BCUT2D eigenvalue weighted by Gasteiger charge is 1.94. The minimum Gasteiger partial charge on any atom is -0.394 e. The van der Waals surface area contributed by atoms with Crippen LogP contribution in [0.4, 0.5) is 0 Å². The largest absolute Gasteiger partial charge is 0.394 e. The molecule has 0 unspecified atom stereocenters. The first kappa shape index (κ1) is 12.3. The normalized spacial score (nSPS) is 11.0. The molecule has 0 amide bonds. The van der Waals surface area contributed by atoms with Crippen molar-refractivity contribution < 1.29 is 9.84 Å². The molecular weight excluding hydrogens is 172 g/mol. The van der Waals surface area contributed by atoms with Crippen molar-refractivity contribution in [1.82, 2.24) is 0 Å². The van der Waals surface area contributed by atoms with Gasteiger partial charge in [-0.05, 0) is 18.1 Å². The molecule has 0 aliphatic rings. The van der Waals surface area contributed by atoms with E-state index in [0.29, 0.717) is 6.61 Å². The van der Waals surface area contributed by atoms with Crippen LogP contribution in [-0.4, -0.2) is 36.4 Å². The van der Waals surface area contributed by atoms with Crippen molar-refractivity contribution in [1.29, 1.82) is 0 Å². The molecule has 0 fully saturated rings. The summed E-state index contributed by atoms with van der Waals surface area (Å²) in [5.41, 5.74) is 0. The number of thioether (sulfide) groups is 1. The fraction of sp³-hybridized carbons (Fsp3) is 1.00. The molecule has 0 aromatic carbocycles. The van der Waals surface area contributed by atoms with Gasteiger partial charge in [-0.25, -0.2) is 0 Å². The Hall–Kier alpha value is 0.270. The van der Waals surface area contributed by atoms with Crippen molar-refractivity contribution in [3.05, 3.63) is 0 Å². The number of aliphatic hydroxyl groups excluding tert-OH is 1. The van der Waals surface area contributed by atoms with E-state index in [-0.39, 0.29) is 6.61 Å². The van der Waals surface area contributed by atoms with Crippen LogP contribution in [0.3, 0.4) is 0 Å². The number of rotatable bonds is 8. The van der Waals surface area contributed by atoms with Crippen LogP contribution < -0.4 is 0 Å². The highest BCUT2D eigenvalue weighted by atomic mass is 32.2. The van der Waals surface area contributed by atoms with Crippen molar-refractivity contribution in [2.24, 2.45) is 5.92 Å². The highest BCUT2D eigenvalue weighted by molar-refractivity contribution is 7.99. The van der Waals surface area contributed by atoms with Gasteiger partial charge in [0.25, 0.3) is 0 Å². The molecule has 0 saturated carbocycles. The Morgan fingerprint density at radius 2 is 2.00 bits per heavy atom. The van der Waals surface area contributed by atoms with Crippen molar-refractivity contribution in [3.63, 3.8) is 0 Å². The SMILES string of the molecule is CC(C)CCSCCOCCO. The summed E-state index contributed by atoms with van der Waals surface area (Å²) in [4.78, 5) is 0. The quantitative estimate of drug-likeness (QED) is 0.594. The zero-order chi connectivity index (χ0) is 9.23. The minimum atomic E-state index is 0.136. The predicted octanol–water partition coefficient (Wildman–Crippen LogP) is 1.77. The van der Waals surface area contributed by atoms with E-state index in [9.17, 15) is 0 Å². The van der Waals surface area contributed by atoms with Gasteiger partial charge < -0.3 is 9.84 Å². The van der Waals surface area contributed by atoms with Gasteiger partial charge in [0, 0.05) is 5.75 Å². The van der Waals surface area contributed by atoms with Gasteiger partial charge in [-0.1, -0.05) is 13.8 Å². The summed E-state index contributed by atoms with van der Waals surface area (Å²) in [6, 6.07) is 0. The van der Waals surface area contributed by atoms with Gasteiger partial charge in [0.2, 0.25) is 0 Å². The topological polar surface area (TPSA) is 29.5 Å². The second-order valence-electron chi connectivity index (χ2n) is 3.13. The molecule has 0 atom stereocenters. The molecule has 1 N–H and O–H groups in total. The van der Waals surface area contributed by atoms with Crippen LogP contribution >= 0.6 is 11.8 Å². The van der Waals surface area contributed by atoms with Crippen LogP contribution in [0.2, 0.25) is 0 Å². The maximum Gasteiger partial charge on any atom is 0.0698 e. The third kappa shape index (κ3) is 10.3. The Kier molecular flexibility index (Phi) is 9.57. The number of hydrogen-bond acceptors (Lipinski definition) is 3. The third-order valence-corrected chi connectivity index (χ3v) is 2.43. The average Bonchev–Trinajstić information content (AvgIpc) is 2.02. The van der Waals surface area contributed by atoms with Gasteiger partial charge in [-0.3, -0.25) is 0 Å². The summed E-state index contributed by atoms with van der Waals surface area (Å²) in [7, 11) is 0. The van der Waals surface area contributed by atoms with Crippen LogP contribution in [0.1, 0.15) is 20.3 Å². The number of aliphatic hydroxyl groups is 1. The van der Waals surface area contributed by atoms with Crippen molar-refractivity contribution in [2.75, 3.05) is 31.3 Å². The first-order chi connectivity index (χ1) is 5.77. The van der Waals surface area contributed by atoms with E-state index < -0.39 is 0 Å². The smallest absolute Gasteiger partial charge is 0.0698 e. The van der Waals surface area contributed by atoms with Gasteiger partial charge >= 0.3 is 0 Å². The van der Waals surface area contributed by atoms with Gasteiger partial charge in [0.1, 0.15) is 0 Å². The van der Waals surface area contributed by atoms with Gasteiger partial charge in [-0.2, -0.15) is 11.8 Å². The highest BCUT2D eigenvalue weighted by Crippen LogP contribution is 2.07. The second-order valence-corrected chi connectivity index (χ2v) is 4.36. The van der Waals surface area contributed by atoms with Crippen LogP contribution in [0.5, 0.6) is 0 Å². The lowest BCUT2D eigenvalue weighted by Gasteiger charge is -2.04. The Bertz CT molecular complexity index is 86.6. The standard InChI is InChI=1S/C9H20O2S/c1-9(2)3-7-12-8-6-11-5-4-10/h9-10H,3-8H2,1-2H3. The number of hydrogen-bond donors (Lipinski definition) is 1. The molecule has 3 heteroatoms. The summed E-state index contributed by atoms with van der Waals surface area (Å²) >= 11 is 1.93. The molecule has 0 saturated heterocycles. The van der Waals surface area contributed by atoms with Crippen LogP contribution in [0.15, 0.2) is 0 Å². The molecular formula is C9H20O2S. The lowest BCUT2D eigenvalue weighted by Crippen LogP contribution is -2.03. The monoisotopic (exact) mass is 192 g/mol. The van der Waals surface area contributed by atoms with Gasteiger partial charge in [0.15, 0.2) is 0 Å². The van der Waals surface area contributed by atoms with Crippen molar-refractivity contribution >= 4 is 11.8 Å². The van der Waals surface area contributed by atoms with Gasteiger partial charge in [-0.15, -0.1) is 0 Å². The summed E-state index contributed by atoms with van der Waals surface area (Å²) < 4.78 is 5.12. The zero-order valence-corrected chi connectivity index (χ0v) is 8.90. The molecule has 12 heavy (non-hydrogen) atoms. The number of ether oxygens (including phenoxy) is 1. The zero-order valence-electron chi connectivity index (χ0n) is 8.08. The predicted molar refractivity (Wildman–Crippen MR) is 54.7 cm³/mol. The van der Waals surface area contributed by atoms with E-state index in [0.717, 1.165) is 18.3 Å². The molecule has 0 spiro atoms. The summed E-state index contributed by atoms with van der Waals surface area (Å²) in [5.74, 6) is 3.07. The Balaban J connectivity index is 2.82. The lowest BCUT2D eigenvalue weighted by atomic mass is 10.2. The second kappa shape index (κ2) is 9.36. The fourth-order valence-electron chi connectivity index (χ4n) is 0.706. The molecule has 2 nitrogen and oxygen atoms in total. The van der Waals surface area contributed by atoms with E-state index in [1.54, 1.807) is 0 Å². The lowest BCUT2D eigenvalue weighted by molar-refractivity contribution is 0.103. The molecule has 0 rings (SSSR count). The molecule has 0 bridgehead atoms. The maximum absolute atomic E-state index is 8.41. The molecule has 0 aliphatic carbocycles.